The number of likely N-dealkylation sites (tertiary alicyclic amines) is 1. The quantitative estimate of drug-likeness (QED) is 0.568. The summed E-state index contributed by atoms with van der Waals surface area (Å²) in [5.41, 5.74) is 1.30. The predicted octanol–water partition coefficient (Wildman–Crippen LogP) is 2.95. The zero-order valence-electron chi connectivity index (χ0n) is 17.9. The molecule has 4 heterocycles. The lowest BCUT2D eigenvalue weighted by Gasteiger charge is -2.31. The van der Waals surface area contributed by atoms with E-state index in [1.54, 1.807) is 17.1 Å². The number of rotatable bonds is 7. The van der Waals surface area contributed by atoms with Crippen molar-refractivity contribution in [1.82, 2.24) is 24.6 Å². The van der Waals surface area contributed by atoms with Crippen LogP contribution in [0.1, 0.15) is 53.7 Å². The maximum atomic E-state index is 12.7. The summed E-state index contributed by atoms with van der Waals surface area (Å²) in [6.07, 6.45) is 6.40. The third-order valence-electron chi connectivity index (χ3n) is 5.96. The molecule has 3 aromatic heterocycles. The number of aromatic nitrogens is 4. The largest absolute Gasteiger partial charge is 0.343 e. The van der Waals surface area contributed by atoms with E-state index in [0.717, 1.165) is 16.9 Å². The van der Waals surface area contributed by atoms with Crippen molar-refractivity contribution in [2.75, 3.05) is 13.1 Å². The molecular formula is C22H27N5O3S. The van der Waals surface area contributed by atoms with E-state index in [1.807, 2.05) is 24.1 Å². The highest BCUT2D eigenvalue weighted by Gasteiger charge is 2.28. The molecule has 0 radical (unpaired) electrons. The first kappa shape index (κ1) is 21.4. The maximum absolute atomic E-state index is 12.7. The molecule has 31 heavy (non-hydrogen) atoms. The number of thiophene rings is 1. The van der Waals surface area contributed by atoms with Gasteiger partial charge in [0.25, 0.3) is 5.56 Å². The summed E-state index contributed by atoms with van der Waals surface area (Å²) >= 11 is 1.52. The van der Waals surface area contributed by atoms with Crippen LogP contribution < -0.4 is 5.56 Å². The van der Waals surface area contributed by atoms with E-state index in [9.17, 15) is 14.4 Å². The molecule has 1 N–H and O–H groups in total. The zero-order valence-corrected chi connectivity index (χ0v) is 18.7. The highest BCUT2D eigenvalue weighted by molar-refractivity contribution is 7.11. The molecule has 4 rings (SSSR count). The summed E-state index contributed by atoms with van der Waals surface area (Å²) in [7, 11) is 0. The molecule has 0 unspecified atom stereocenters. The Balaban J connectivity index is 1.26. The fraction of sp³-hybridized carbons (Fsp3) is 0.500. The van der Waals surface area contributed by atoms with Gasteiger partial charge in [0, 0.05) is 54.8 Å². The van der Waals surface area contributed by atoms with Crippen molar-refractivity contribution in [2.45, 2.75) is 52.5 Å². The number of H-pyrrole nitrogens is 1. The molecule has 164 valence electrons. The number of aryl methyl sites for hydroxylation is 3. The third-order valence-corrected chi connectivity index (χ3v) is 6.86. The molecule has 0 saturated carbocycles. The van der Waals surface area contributed by atoms with Crippen molar-refractivity contribution >= 4 is 33.9 Å². The molecule has 1 fully saturated rings. The Morgan fingerprint density at radius 3 is 2.77 bits per heavy atom. The predicted molar refractivity (Wildman–Crippen MR) is 119 cm³/mol. The molecule has 0 spiro atoms. The molecule has 0 aliphatic carbocycles. The third kappa shape index (κ3) is 4.61. The Kier molecular flexibility index (Phi) is 6.31. The van der Waals surface area contributed by atoms with Crippen molar-refractivity contribution in [3.8, 4) is 0 Å². The monoisotopic (exact) mass is 441 g/mol. The molecule has 1 aliphatic heterocycles. The van der Waals surface area contributed by atoms with Gasteiger partial charge in [0.2, 0.25) is 5.91 Å². The molecule has 1 aliphatic rings. The SMILES string of the molecule is CCn1cc(C(=O)C2CCN(C(=O)CCCc3nc4c(C)scc4c(=O)[nH]3)CC2)cn1. The second-order valence-electron chi connectivity index (χ2n) is 8.02. The molecule has 8 nitrogen and oxygen atoms in total. The number of hydrogen-bond donors (Lipinski definition) is 1. The smallest absolute Gasteiger partial charge is 0.259 e. The van der Waals surface area contributed by atoms with E-state index >= 15 is 0 Å². The lowest BCUT2D eigenvalue weighted by molar-refractivity contribution is -0.132. The molecule has 9 heteroatoms. The van der Waals surface area contributed by atoms with E-state index in [1.165, 1.54) is 11.3 Å². The molecule has 0 atom stereocenters. The van der Waals surface area contributed by atoms with Gasteiger partial charge in [0.05, 0.1) is 22.7 Å². The van der Waals surface area contributed by atoms with Gasteiger partial charge in [-0.3, -0.25) is 19.1 Å². The molecule has 0 bridgehead atoms. The lowest BCUT2D eigenvalue weighted by atomic mass is 9.90. The van der Waals surface area contributed by atoms with E-state index in [0.29, 0.717) is 62.0 Å². The molecule has 1 saturated heterocycles. The summed E-state index contributed by atoms with van der Waals surface area (Å²) in [6.45, 7) is 5.89. The first-order valence-corrected chi connectivity index (χ1v) is 11.7. The number of nitrogens with zero attached hydrogens (tertiary/aromatic N) is 4. The Morgan fingerprint density at radius 1 is 1.29 bits per heavy atom. The number of carbonyl (C=O) groups is 2. The van der Waals surface area contributed by atoms with E-state index in [-0.39, 0.29) is 23.2 Å². The minimum atomic E-state index is -0.119. The van der Waals surface area contributed by atoms with Gasteiger partial charge in [-0.05, 0) is 33.1 Å². The number of carbonyl (C=O) groups excluding carboxylic acids is 2. The number of hydrogen-bond acceptors (Lipinski definition) is 6. The van der Waals surface area contributed by atoms with Crippen LogP contribution in [0.15, 0.2) is 22.6 Å². The van der Waals surface area contributed by atoms with Gasteiger partial charge >= 0.3 is 0 Å². The lowest BCUT2D eigenvalue weighted by Crippen LogP contribution is -2.40. The number of aromatic amines is 1. The Morgan fingerprint density at radius 2 is 2.06 bits per heavy atom. The van der Waals surface area contributed by atoms with Crippen molar-refractivity contribution in [3.63, 3.8) is 0 Å². The summed E-state index contributed by atoms with van der Waals surface area (Å²) in [5, 5.41) is 6.63. The number of Topliss-reactive ketones (excluding diaryl/α,β-unsaturated/α-hetero) is 1. The van der Waals surface area contributed by atoms with Gasteiger partial charge in [-0.2, -0.15) is 5.10 Å². The summed E-state index contributed by atoms with van der Waals surface area (Å²) in [4.78, 5) is 47.7. The normalized spacial score (nSPS) is 15.0. The van der Waals surface area contributed by atoms with Crippen LogP contribution in [0.25, 0.3) is 10.9 Å². The van der Waals surface area contributed by atoms with Crippen LogP contribution >= 0.6 is 11.3 Å². The Hall–Kier alpha value is -2.81. The van der Waals surface area contributed by atoms with Crippen molar-refractivity contribution in [1.29, 1.82) is 0 Å². The Labute approximate surface area is 184 Å². The van der Waals surface area contributed by atoms with Crippen LogP contribution in [-0.4, -0.2) is 49.4 Å². The number of nitrogens with one attached hydrogen (secondary N) is 1. The molecule has 3 aromatic rings. The molecule has 1 amide bonds. The van der Waals surface area contributed by atoms with Crippen LogP contribution in [0.3, 0.4) is 0 Å². The zero-order chi connectivity index (χ0) is 22.0. The number of fused-ring (bicyclic) bond motifs is 1. The van der Waals surface area contributed by atoms with E-state index in [2.05, 4.69) is 15.1 Å². The van der Waals surface area contributed by atoms with Gasteiger partial charge in [0.15, 0.2) is 5.78 Å². The van der Waals surface area contributed by atoms with Crippen LogP contribution in [0.2, 0.25) is 0 Å². The summed E-state index contributed by atoms with van der Waals surface area (Å²) < 4.78 is 1.76. The van der Waals surface area contributed by atoms with Crippen LogP contribution in [0.4, 0.5) is 0 Å². The topological polar surface area (TPSA) is 101 Å². The first-order chi connectivity index (χ1) is 15.0. The number of piperidine rings is 1. The summed E-state index contributed by atoms with van der Waals surface area (Å²) in [5.74, 6) is 0.804. The van der Waals surface area contributed by atoms with Gasteiger partial charge in [-0.1, -0.05) is 0 Å². The highest BCUT2D eigenvalue weighted by Crippen LogP contribution is 2.23. The fourth-order valence-electron chi connectivity index (χ4n) is 4.08. The van der Waals surface area contributed by atoms with Crippen molar-refractivity contribution in [2.24, 2.45) is 5.92 Å². The number of ketones is 1. The second-order valence-corrected chi connectivity index (χ2v) is 9.11. The highest BCUT2D eigenvalue weighted by atomic mass is 32.1. The van der Waals surface area contributed by atoms with Crippen molar-refractivity contribution < 1.29 is 9.59 Å². The van der Waals surface area contributed by atoms with Crippen LogP contribution in [-0.2, 0) is 17.8 Å². The van der Waals surface area contributed by atoms with Gasteiger partial charge in [0.1, 0.15) is 5.82 Å². The van der Waals surface area contributed by atoms with Gasteiger partial charge < -0.3 is 9.88 Å². The minimum Gasteiger partial charge on any atom is -0.343 e. The molecule has 0 aromatic carbocycles. The number of amides is 1. The Bertz CT molecular complexity index is 1150. The average Bonchev–Trinajstić information content (AvgIpc) is 3.41. The van der Waals surface area contributed by atoms with Gasteiger partial charge in [-0.25, -0.2) is 4.98 Å². The van der Waals surface area contributed by atoms with E-state index in [4.69, 9.17) is 0 Å². The maximum Gasteiger partial charge on any atom is 0.259 e. The molecular weight excluding hydrogens is 414 g/mol. The first-order valence-electron chi connectivity index (χ1n) is 10.8. The van der Waals surface area contributed by atoms with Crippen molar-refractivity contribution in [3.05, 3.63) is 44.4 Å². The van der Waals surface area contributed by atoms with E-state index < -0.39 is 0 Å². The fourth-order valence-corrected chi connectivity index (χ4v) is 4.86. The standard InChI is InChI=1S/C22H27N5O3S/c1-3-27-12-16(11-23-27)21(29)15-7-9-26(10-8-15)19(28)6-4-5-18-24-20-14(2)31-13-17(20)22(30)25-18/h11-13,15H,3-10H2,1-2H3,(H,24,25,30). The van der Waals surface area contributed by atoms with Gasteiger partial charge in [-0.15, -0.1) is 11.3 Å². The summed E-state index contributed by atoms with van der Waals surface area (Å²) in [6, 6.07) is 0. The van der Waals surface area contributed by atoms with Crippen LogP contribution in [0.5, 0.6) is 0 Å². The average molecular weight is 442 g/mol. The second kappa shape index (κ2) is 9.13. The van der Waals surface area contributed by atoms with Crippen LogP contribution in [0, 0.1) is 12.8 Å². The minimum absolute atomic E-state index is 0.0478.